The molecular formula is C18H21ClFN. The molecule has 0 fully saturated rings. The van der Waals surface area contributed by atoms with Crippen molar-refractivity contribution in [2.75, 3.05) is 6.54 Å². The van der Waals surface area contributed by atoms with Gasteiger partial charge in [-0.2, -0.15) is 0 Å². The Bertz CT molecular complexity index is 625. The molecule has 0 aliphatic carbocycles. The lowest BCUT2D eigenvalue weighted by Gasteiger charge is -2.21. The van der Waals surface area contributed by atoms with Gasteiger partial charge in [0.1, 0.15) is 5.82 Å². The summed E-state index contributed by atoms with van der Waals surface area (Å²) in [4.78, 5) is 0. The molecule has 0 bridgehead atoms. The van der Waals surface area contributed by atoms with E-state index >= 15 is 0 Å². The topological polar surface area (TPSA) is 12.0 Å². The molecule has 0 aliphatic heterocycles. The van der Waals surface area contributed by atoms with E-state index in [2.05, 4.69) is 25.2 Å². The first-order valence-electron chi connectivity index (χ1n) is 7.25. The molecule has 0 saturated carbocycles. The summed E-state index contributed by atoms with van der Waals surface area (Å²) >= 11 is 6.03. The van der Waals surface area contributed by atoms with E-state index in [1.807, 2.05) is 25.1 Å². The van der Waals surface area contributed by atoms with Crippen LogP contribution in [0.15, 0.2) is 36.4 Å². The van der Waals surface area contributed by atoms with Crippen molar-refractivity contribution in [2.24, 2.45) is 0 Å². The summed E-state index contributed by atoms with van der Waals surface area (Å²) in [7, 11) is 0. The zero-order valence-corrected chi connectivity index (χ0v) is 13.5. The first kappa shape index (κ1) is 16.0. The molecule has 21 heavy (non-hydrogen) atoms. The van der Waals surface area contributed by atoms with Crippen LogP contribution in [0.2, 0.25) is 5.02 Å². The lowest BCUT2D eigenvalue weighted by atomic mass is 9.93. The first-order chi connectivity index (χ1) is 10.0. The summed E-state index contributed by atoms with van der Waals surface area (Å²) in [6, 6.07) is 11.1. The second-order valence-electron chi connectivity index (χ2n) is 5.39. The minimum absolute atomic E-state index is 0.160. The van der Waals surface area contributed by atoms with Gasteiger partial charge in [-0.15, -0.1) is 0 Å². The number of benzene rings is 2. The molecule has 2 rings (SSSR count). The van der Waals surface area contributed by atoms with Crippen LogP contribution >= 0.6 is 11.6 Å². The van der Waals surface area contributed by atoms with Gasteiger partial charge in [0.25, 0.3) is 0 Å². The van der Waals surface area contributed by atoms with E-state index in [9.17, 15) is 4.39 Å². The highest BCUT2D eigenvalue weighted by atomic mass is 35.5. The zero-order valence-electron chi connectivity index (χ0n) is 12.7. The molecule has 0 amide bonds. The van der Waals surface area contributed by atoms with Crippen LogP contribution in [0.5, 0.6) is 0 Å². The summed E-state index contributed by atoms with van der Waals surface area (Å²) in [5.41, 5.74) is 4.52. The predicted octanol–water partition coefficient (Wildman–Crippen LogP) is 4.99. The molecule has 0 spiro atoms. The number of nitrogens with one attached hydrogen (secondary N) is 1. The van der Waals surface area contributed by atoms with Crippen molar-refractivity contribution in [1.82, 2.24) is 5.32 Å². The van der Waals surface area contributed by atoms with E-state index in [0.717, 1.165) is 34.7 Å². The van der Waals surface area contributed by atoms with Gasteiger partial charge in [0.2, 0.25) is 0 Å². The number of halogens is 2. The van der Waals surface area contributed by atoms with Crippen molar-refractivity contribution in [2.45, 2.75) is 33.2 Å². The quantitative estimate of drug-likeness (QED) is 0.820. The Hall–Kier alpha value is -1.38. The minimum atomic E-state index is -0.182. The maximum Gasteiger partial charge on any atom is 0.123 e. The maximum absolute atomic E-state index is 13.5. The maximum atomic E-state index is 13.5. The molecule has 0 aliphatic rings. The lowest BCUT2D eigenvalue weighted by molar-refractivity contribution is 0.543. The molecule has 1 N–H and O–H groups in total. The van der Waals surface area contributed by atoms with Gasteiger partial charge in [0.05, 0.1) is 0 Å². The summed E-state index contributed by atoms with van der Waals surface area (Å²) in [6.07, 6.45) is 0.764. The normalized spacial score (nSPS) is 12.4. The Morgan fingerprint density at radius 2 is 1.86 bits per heavy atom. The molecule has 1 nitrogen and oxygen atoms in total. The van der Waals surface area contributed by atoms with Gasteiger partial charge in [-0.1, -0.05) is 30.7 Å². The molecule has 3 heteroatoms. The van der Waals surface area contributed by atoms with E-state index in [1.165, 1.54) is 11.6 Å². The van der Waals surface area contributed by atoms with Gasteiger partial charge in [-0.25, -0.2) is 4.39 Å². The van der Waals surface area contributed by atoms with Crippen LogP contribution in [0.4, 0.5) is 4.39 Å². The van der Waals surface area contributed by atoms with Crippen molar-refractivity contribution < 1.29 is 4.39 Å². The summed E-state index contributed by atoms with van der Waals surface area (Å²) in [5.74, 6) is -0.182. The highest BCUT2D eigenvalue weighted by Crippen LogP contribution is 2.25. The Morgan fingerprint density at radius 3 is 2.52 bits per heavy atom. The average molecular weight is 306 g/mol. The summed E-state index contributed by atoms with van der Waals surface area (Å²) in [6.45, 7) is 7.02. The molecule has 112 valence electrons. The molecule has 0 saturated heterocycles. The van der Waals surface area contributed by atoms with Crippen LogP contribution in [0.25, 0.3) is 0 Å². The van der Waals surface area contributed by atoms with Crippen LogP contribution in [0, 0.1) is 19.7 Å². The Balaban J connectivity index is 2.32. The molecule has 1 atom stereocenters. The highest BCUT2D eigenvalue weighted by Gasteiger charge is 2.15. The van der Waals surface area contributed by atoms with Gasteiger partial charge in [-0.05, 0) is 73.3 Å². The molecular weight excluding hydrogens is 285 g/mol. The van der Waals surface area contributed by atoms with Crippen molar-refractivity contribution in [1.29, 1.82) is 0 Å². The van der Waals surface area contributed by atoms with Crippen molar-refractivity contribution in [3.05, 3.63) is 69.5 Å². The average Bonchev–Trinajstić information content (AvgIpc) is 2.42. The Morgan fingerprint density at radius 1 is 1.10 bits per heavy atom. The second kappa shape index (κ2) is 7.06. The van der Waals surface area contributed by atoms with Gasteiger partial charge in [0.15, 0.2) is 0 Å². The third-order valence-corrected chi connectivity index (χ3v) is 4.03. The molecule has 1 unspecified atom stereocenters. The van der Waals surface area contributed by atoms with E-state index in [1.54, 1.807) is 6.07 Å². The van der Waals surface area contributed by atoms with Crippen LogP contribution in [-0.4, -0.2) is 6.54 Å². The van der Waals surface area contributed by atoms with Crippen LogP contribution < -0.4 is 5.32 Å². The number of hydrogen-bond donors (Lipinski definition) is 1. The summed E-state index contributed by atoms with van der Waals surface area (Å²) in [5, 5.41) is 4.23. The standard InChI is InChI=1S/C18H21ClFN/c1-4-21-18(17-8-6-15(19)9-13(17)3)11-14-10-16(20)7-5-12(14)2/h5-10,18,21H,4,11H2,1-3H3. The van der Waals surface area contributed by atoms with Crippen LogP contribution in [-0.2, 0) is 6.42 Å². The first-order valence-corrected chi connectivity index (χ1v) is 7.63. The van der Waals surface area contributed by atoms with Crippen LogP contribution in [0.3, 0.4) is 0 Å². The smallest absolute Gasteiger partial charge is 0.123 e. The van der Waals surface area contributed by atoms with Gasteiger partial charge in [0, 0.05) is 11.1 Å². The molecule has 0 aromatic heterocycles. The van der Waals surface area contributed by atoms with Gasteiger partial charge in [-0.3, -0.25) is 0 Å². The molecule has 0 heterocycles. The number of likely N-dealkylation sites (N-methyl/N-ethyl adjacent to an activating group) is 1. The zero-order chi connectivity index (χ0) is 15.4. The van der Waals surface area contributed by atoms with E-state index in [0.29, 0.717) is 0 Å². The minimum Gasteiger partial charge on any atom is -0.310 e. The number of hydrogen-bond acceptors (Lipinski definition) is 1. The predicted molar refractivity (Wildman–Crippen MR) is 87.4 cm³/mol. The second-order valence-corrected chi connectivity index (χ2v) is 5.82. The molecule has 2 aromatic carbocycles. The number of rotatable bonds is 5. The highest BCUT2D eigenvalue weighted by molar-refractivity contribution is 6.30. The van der Waals surface area contributed by atoms with Crippen molar-refractivity contribution >= 4 is 11.6 Å². The third kappa shape index (κ3) is 4.05. The third-order valence-electron chi connectivity index (χ3n) is 3.79. The fraction of sp³-hybridized carbons (Fsp3) is 0.333. The lowest BCUT2D eigenvalue weighted by Crippen LogP contribution is -2.24. The monoisotopic (exact) mass is 305 g/mol. The fourth-order valence-corrected chi connectivity index (χ4v) is 2.88. The van der Waals surface area contributed by atoms with Crippen molar-refractivity contribution in [3.8, 4) is 0 Å². The summed E-state index contributed by atoms with van der Waals surface area (Å²) < 4.78 is 13.5. The Labute approximate surface area is 131 Å². The Kier molecular flexibility index (Phi) is 5.38. The van der Waals surface area contributed by atoms with Crippen LogP contribution in [0.1, 0.15) is 35.2 Å². The van der Waals surface area contributed by atoms with E-state index in [-0.39, 0.29) is 11.9 Å². The largest absolute Gasteiger partial charge is 0.310 e. The van der Waals surface area contributed by atoms with E-state index < -0.39 is 0 Å². The molecule has 0 radical (unpaired) electrons. The fourth-order valence-electron chi connectivity index (χ4n) is 2.65. The SMILES string of the molecule is CCNC(Cc1cc(F)ccc1C)c1ccc(Cl)cc1C. The van der Waals surface area contributed by atoms with E-state index in [4.69, 9.17) is 11.6 Å². The van der Waals surface area contributed by atoms with Crippen molar-refractivity contribution in [3.63, 3.8) is 0 Å². The van der Waals surface area contributed by atoms with Gasteiger partial charge >= 0.3 is 0 Å². The van der Waals surface area contributed by atoms with Gasteiger partial charge < -0.3 is 5.32 Å². The number of aryl methyl sites for hydroxylation is 2. The molecule has 2 aromatic rings.